The minimum Gasteiger partial charge on any atom is -0.462 e. The first-order chi connectivity index (χ1) is 7.10. The van der Waals surface area contributed by atoms with E-state index in [1.165, 1.54) is 11.8 Å². The number of benzene rings is 1. The molecule has 0 unspecified atom stereocenters. The lowest BCUT2D eigenvalue weighted by Gasteiger charge is -2.09. The van der Waals surface area contributed by atoms with Gasteiger partial charge < -0.3 is 10.5 Å². The van der Waals surface area contributed by atoms with Crippen molar-refractivity contribution in [1.82, 2.24) is 0 Å². The molecule has 5 heteroatoms. The largest absolute Gasteiger partial charge is 0.462 e. The molecule has 15 heavy (non-hydrogen) atoms. The van der Waals surface area contributed by atoms with Gasteiger partial charge in [0.1, 0.15) is 0 Å². The molecule has 0 aliphatic heterocycles. The second-order valence-corrected chi connectivity index (χ2v) is 4.03. The second kappa shape index (κ2) is 5.28. The van der Waals surface area contributed by atoms with Crippen LogP contribution >= 0.6 is 23.4 Å². The van der Waals surface area contributed by atoms with Crippen molar-refractivity contribution >= 4 is 35.0 Å². The molecule has 0 saturated heterocycles. The van der Waals surface area contributed by atoms with E-state index in [9.17, 15) is 4.79 Å². The van der Waals surface area contributed by atoms with Crippen LogP contribution in [0.4, 0.5) is 5.69 Å². The number of anilines is 1. The van der Waals surface area contributed by atoms with Crippen LogP contribution < -0.4 is 5.73 Å². The first-order valence-electron chi connectivity index (χ1n) is 4.40. The van der Waals surface area contributed by atoms with E-state index in [4.69, 9.17) is 22.1 Å². The van der Waals surface area contributed by atoms with Gasteiger partial charge >= 0.3 is 5.97 Å². The van der Waals surface area contributed by atoms with E-state index >= 15 is 0 Å². The standard InChI is InChI=1S/C10H12ClNO2S/c1-3-14-10(13)7-4-6(12)5-8(11)9(7)15-2/h4-5H,3,12H2,1-2H3. The molecule has 0 aliphatic rings. The summed E-state index contributed by atoms with van der Waals surface area (Å²) in [5.74, 6) is -0.393. The monoisotopic (exact) mass is 245 g/mol. The smallest absolute Gasteiger partial charge is 0.339 e. The third kappa shape index (κ3) is 2.79. The molecule has 0 fully saturated rings. The molecule has 0 radical (unpaired) electrons. The fraction of sp³-hybridized carbons (Fsp3) is 0.300. The summed E-state index contributed by atoms with van der Waals surface area (Å²) in [7, 11) is 0. The molecule has 0 atom stereocenters. The maximum absolute atomic E-state index is 11.6. The number of hydrogen-bond acceptors (Lipinski definition) is 4. The van der Waals surface area contributed by atoms with Crippen molar-refractivity contribution < 1.29 is 9.53 Å². The van der Waals surface area contributed by atoms with Gasteiger partial charge in [0.2, 0.25) is 0 Å². The highest BCUT2D eigenvalue weighted by atomic mass is 35.5. The van der Waals surface area contributed by atoms with Gasteiger partial charge in [-0.3, -0.25) is 0 Å². The van der Waals surface area contributed by atoms with Crippen molar-refractivity contribution in [3.63, 3.8) is 0 Å². The molecule has 0 aromatic heterocycles. The summed E-state index contributed by atoms with van der Waals surface area (Å²) in [6.07, 6.45) is 1.85. The number of rotatable bonds is 3. The van der Waals surface area contributed by atoms with Crippen LogP contribution in [0.15, 0.2) is 17.0 Å². The average molecular weight is 246 g/mol. The van der Waals surface area contributed by atoms with Crippen LogP contribution in [0, 0.1) is 0 Å². The highest BCUT2D eigenvalue weighted by Gasteiger charge is 2.15. The zero-order valence-corrected chi connectivity index (χ0v) is 10.1. The number of halogens is 1. The number of ether oxygens (including phenoxy) is 1. The Labute approximate surface area is 97.9 Å². The molecule has 1 aromatic carbocycles. The van der Waals surface area contributed by atoms with Gasteiger partial charge in [0, 0.05) is 10.6 Å². The van der Waals surface area contributed by atoms with Gasteiger partial charge in [0.25, 0.3) is 0 Å². The van der Waals surface area contributed by atoms with Crippen LogP contribution in [-0.4, -0.2) is 18.8 Å². The highest BCUT2D eigenvalue weighted by molar-refractivity contribution is 7.98. The second-order valence-electron chi connectivity index (χ2n) is 2.80. The number of thioether (sulfide) groups is 1. The van der Waals surface area contributed by atoms with Crippen molar-refractivity contribution in [3.8, 4) is 0 Å². The number of nitrogen functional groups attached to an aromatic ring is 1. The lowest BCUT2D eigenvalue weighted by atomic mass is 10.2. The number of nitrogens with two attached hydrogens (primary N) is 1. The zero-order chi connectivity index (χ0) is 11.4. The van der Waals surface area contributed by atoms with E-state index in [2.05, 4.69) is 0 Å². The van der Waals surface area contributed by atoms with E-state index in [1.807, 2.05) is 6.26 Å². The van der Waals surface area contributed by atoms with Gasteiger partial charge in [0.15, 0.2) is 0 Å². The molecule has 0 spiro atoms. The summed E-state index contributed by atoms with van der Waals surface area (Å²) in [4.78, 5) is 12.3. The molecule has 0 amide bonds. The van der Waals surface area contributed by atoms with Crippen LogP contribution in [-0.2, 0) is 4.74 Å². The fourth-order valence-electron chi connectivity index (χ4n) is 1.18. The van der Waals surface area contributed by atoms with Gasteiger partial charge in [-0.15, -0.1) is 11.8 Å². The van der Waals surface area contributed by atoms with Crippen LogP contribution in [0.1, 0.15) is 17.3 Å². The average Bonchev–Trinajstić information content (AvgIpc) is 2.17. The predicted molar refractivity (Wildman–Crippen MR) is 63.6 cm³/mol. The van der Waals surface area contributed by atoms with Gasteiger partial charge in [-0.25, -0.2) is 4.79 Å². The number of hydrogen-bond donors (Lipinski definition) is 1. The van der Waals surface area contributed by atoms with E-state index in [0.717, 1.165) is 0 Å². The van der Waals surface area contributed by atoms with Crippen LogP contribution in [0.2, 0.25) is 5.02 Å². The van der Waals surface area contributed by atoms with Crippen molar-refractivity contribution in [2.24, 2.45) is 0 Å². The third-order valence-electron chi connectivity index (χ3n) is 1.77. The minimum atomic E-state index is -0.393. The fourth-order valence-corrected chi connectivity index (χ4v) is 2.26. The SMILES string of the molecule is CCOC(=O)c1cc(N)cc(Cl)c1SC. The maximum Gasteiger partial charge on any atom is 0.339 e. The molecule has 1 rings (SSSR count). The normalized spacial score (nSPS) is 10.1. The minimum absolute atomic E-state index is 0.332. The number of esters is 1. The van der Waals surface area contributed by atoms with Crippen LogP contribution in [0.5, 0.6) is 0 Å². The van der Waals surface area contributed by atoms with Crippen LogP contribution in [0.25, 0.3) is 0 Å². The van der Waals surface area contributed by atoms with E-state index in [1.54, 1.807) is 19.1 Å². The molecule has 0 aliphatic carbocycles. The summed E-state index contributed by atoms with van der Waals surface area (Å²) in [5, 5.41) is 0.477. The number of carbonyl (C=O) groups is 1. The molecule has 0 heterocycles. The van der Waals surface area contributed by atoms with Gasteiger partial charge in [-0.2, -0.15) is 0 Å². The summed E-state index contributed by atoms with van der Waals surface area (Å²) < 4.78 is 4.91. The molecule has 2 N–H and O–H groups in total. The highest BCUT2D eigenvalue weighted by Crippen LogP contribution is 2.31. The Hall–Kier alpha value is -0.870. The topological polar surface area (TPSA) is 52.3 Å². The molecule has 3 nitrogen and oxygen atoms in total. The Morgan fingerprint density at radius 3 is 2.80 bits per heavy atom. The molecular formula is C10H12ClNO2S. The third-order valence-corrected chi connectivity index (χ3v) is 3.02. The lowest BCUT2D eigenvalue weighted by molar-refractivity contribution is 0.0522. The van der Waals surface area contributed by atoms with E-state index in [-0.39, 0.29) is 0 Å². The molecule has 0 bridgehead atoms. The van der Waals surface area contributed by atoms with Crippen molar-refractivity contribution in [3.05, 3.63) is 22.7 Å². The Balaban J connectivity index is 3.20. The summed E-state index contributed by atoms with van der Waals surface area (Å²) in [6.45, 7) is 2.09. The van der Waals surface area contributed by atoms with Crippen molar-refractivity contribution in [2.75, 3.05) is 18.6 Å². The molecule has 82 valence electrons. The summed E-state index contributed by atoms with van der Waals surface area (Å²) in [6, 6.07) is 3.20. The Bertz CT molecular complexity index is 382. The first-order valence-corrected chi connectivity index (χ1v) is 6.00. The molecule has 1 aromatic rings. The van der Waals surface area contributed by atoms with E-state index in [0.29, 0.717) is 27.8 Å². The maximum atomic E-state index is 11.6. The van der Waals surface area contributed by atoms with Crippen LogP contribution in [0.3, 0.4) is 0 Å². The van der Waals surface area contributed by atoms with Gasteiger partial charge in [0.05, 0.1) is 17.2 Å². The van der Waals surface area contributed by atoms with Crippen molar-refractivity contribution in [2.45, 2.75) is 11.8 Å². The quantitative estimate of drug-likeness (QED) is 0.506. The summed E-state index contributed by atoms with van der Waals surface area (Å²) >= 11 is 7.37. The lowest BCUT2D eigenvalue weighted by Crippen LogP contribution is -2.07. The first kappa shape index (κ1) is 12.2. The van der Waals surface area contributed by atoms with Gasteiger partial charge in [-0.1, -0.05) is 11.6 Å². The predicted octanol–water partition coefficient (Wildman–Crippen LogP) is 2.82. The van der Waals surface area contributed by atoms with Gasteiger partial charge in [-0.05, 0) is 25.3 Å². The summed E-state index contributed by atoms with van der Waals surface area (Å²) in [5.41, 5.74) is 6.50. The van der Waals surface area contributed by atoms with Crippen molar-refractivity contribution in [1.29, 1.82) is 0 Å². The molecule has 0 saturated carbocycles. The Morgan fingerprint density at radius 1 is 1.60 bits per heavy atom. The Kier molecular flexibility index (Phi) is 4.29. The molecular weight excluding hydrogens is 234 g/mol. The van der Waals surface area contributed by atoms with E-state index < -0.39 is 5.97 Å². The number of carbonyl (C=O) groups excluding carboxylic acids is 1. The Morgan fingerprint density at radius 2 is 2.27 bits per heavy atom. The zero-order valence-electron chi connectivity index (χ0n) is 8.54.